The number of benzene rings is 1. The smallest absolute Gasteiger partial charge is 0.410 e. The number of piperidine rings is 1. The molecule has 4 rings (SSSR count). The monoisotopic (exact) mass is 523 g/mol. The van der Waals surface area contributed by atoms with Crippen LogP contribution in [-0.2, 0) is 9.53 Å². The number of pyridine rings is 1. The lowest BCUT2D eigenvalue weighted by Crippen LogP contribution is -2.45. The average Bonchev–Trinajstić information content (AvgIpc) is 3.38. The van der Waals surface area contributed by atoms with E-state index in [-0.39, 0.29) is 36.0 Å². The minimum atomic E-state index is -0.365. The van der Waals surface area contributed by atoms with Crippen molar-refractivity contribution in [1.29, 1.82) is 5.26 Å². The summed E-state index contributed by atoms with van der Waals surface area (Å²) in [5.74, 6) is 0.864. The summed E-state index contributed by atoms with van der Waals surface area (Å²) >= 11 is 6.12. The first-order valence-electron chi connectivity index (χ1n) is 12.9. The topological polar surface area (TPSA) is 89.8 Å². The number of rotatable bonds is 6. The molecule has 2 amide bonds. The maximum Gasteiger partial charge on any atom is 0.410 e. The van der Waals surface area contributed by atoms with Crippen molar-refractivity contribution in [3.63, 3.8) is 0 Å². The first-order chi connectivity index (χ1) is 17.8. The molecule has 2 aromatic rings. The zero-order valence-electron chi connectivity index (χ0n) is 21.6. The fourth-order valence-corrected chi connectivity index (χ4v) is 5.25. The standard InChI is InChI=1S/C28H34ClN5O3/c1-4-19(2)37-28(36)32(3)25-18-34(17-24(25)21-6-8-23(29)9-7-21)27(35)22-11-13-33(14-12-22)26-10-5-20(15-30)16-31-26/h5-10,16,19,22,24-25H,4,11-14,17-18H2,1-3H3/t19?,24-,25+/m0/s1. The Balaban J connectivity index is 1.44. The second-order valence-corrected chi connectivity index (χ2v) is 10.4. The maximum absolute atomic E-state index is 13.6. The van der Waals surface area contributed by atoms with Gasteiger partial charge in [0.1, 0.15) is 18.0 Å². The van der Waals surface area contributed by atoms with E-state index in [4.69, 9.17) is 21.6 Å². The Morgan fingerprint density at radius 3 is 2.49 bits per heavy atom. The number of aromatic nitrogens is 1. The van der Waals surface area contributed by atoms with Crippen molar-refractivity contribution >= 4 is 29.4 Å². The first kappa shape index (κ1) is 26.7. The van der Waals surface area contributed by atoms with Crippen molar-refractivity contribution in [2.75, 3.05) is 38.1 Å². The Morgan fingerprint density at radius 2 is 1.89 bits per heavy atom. The van der Waals surface area contributed by atoms with Crippen LogP contribution in [0.4, 0.5) is 10.6 Å². The molecule has 0 radical (unpaired) electrons. The Kier molecular flexibility index (Phi) is 8.55. The predicted molar refractivity (Wildman–Crippen MR) is 142 cm³/mol. The summed E-state index contributed by atoms with van der Waals surface area (Å²) in [6.45, 7) is 6.33. The van der Waals surface area contributed by atoms with E-state index in [0.717, 1.165) is 43.7 Å². The van der Waals surface area contributed by atoms with Gasteiger partial charge in [-0.25, -0.2) is 9.78 Å². The molecular weight excluding hydrogens is 490 g/mol. The van der Waals surface area contributed by atoms with E-state index < -0.39 is 0 Å². The van der Waals surface area contributed by atoms with Gasteiger partial charge in [0.2, 0.25) is 5.91 Å². The Morgan fingerprint density at radius 1 is 1.19 bits per heavy atom. The van der Waals surface area contributed by atoms with Crippen LogP contribution >= 0.6 is 11.6 Å². The van der Waals surface area contributed by atoms with Gasteiger partial charge >= 0.3 is 6.09 Å². The molecule has 8 nitrogen and oxygen atoms in total. The highest BCUT2D eigenvalue weighted by Gasteiger charge is 2.42. The van der Waals surface area contributed by atoms with Gasteiger partial charge in [-0.2, -0.15) is 5.26 Å². The molecule has 3 heterocycles. The number of carbonyl (C=O) groups excluding carboxylic acids is 2. The van der Waals surface area contributed by atoms with Crippen LogP contribution in [0.15, 0.2) is 42.6 Å². The molecular formula is C28H34ClN5O3. The Hall–Kier alpha value is -3.31. The van der Waals surface area contributed by atoms with E-state index in [1.165, 1.54) is 0 Å². The van der Waals surface area contributed by atoms with Crippen LogP contribution in [0, 0.1) is 17.2 Å². The summed E-state index contributed by atoms with van der Waals surface area (Å²) in [4.78, 5) is 36.6. The molecule has 1 aromatic heterocycles. The van der Waals surface area contributed by atoms with Crippen molar-refractivity contribution in [3.8, 4) is 6.07 Å². The highest BCUT2D eigenvalue weighted by atomic mass is 35.5. The molecule has 1 aromatic carbocycles. The molecule has 196 valence electrons. The predicted octanol–water partition coefficient (Wildman–Crippen LogP) is 4.68. The number of amides is 2. The van der Waals surface area contributed by atoms with Crippen molar-refractivity contribution in [2.45, 2.75) is 51.2 Å². The van der Waals surface area contributed by atoms with E-state index >= 15 is 0 Å². The summed E-state index contributed by atoms with van der Waals surface area (Å²) in [5.41, 5.74) is 1.58. The van der Waals surface area contributed by atoms with Crippen molar-refractivity contribution in [2.24, 2.45) is 5.92 Å². The number of nitriles is 1. The lowest BCUT2D eigenvalue weighted by Gasteiger charge is -2.34. The molecule has 2 fully saturated rings. The number of hydrogen-bond acceptors (Lipinski definition) is 6. The molecule has 2 saturated heterocycles. The second-order valence-electron chi connectivity index (χ2n) is 9.96. The molecule has 2 aliphatic rings. The molecule has 0 saturated carbocycles. The van der Waals surface area contributed by atoms with E-state index in [9.17, 15) is 9.59 Å². The number of likely N-dealkylation sites (tertiary alicyclic amines) is 1. The molecule has 3 atom stereocenters. The molecule has 0 N–H and O–H groups in total. The van der Waals surface area contributed by atoms with Crippen LogP contribution in [0.1, 0.15) is 50.2 Å². The van der Waals surface area contributed by atoms with Crippen molar-refractivity contribution in [3.05, 3.63) is 58.7 Å². The minimum absolute atomic E-state index is 0.0290. The molecule has 0 bridgehead atoms. The van der Waals surface area contributed by atoms with Crippen molar-refractivity contribution in [1.82, 2.24) is 14.8 Å². The quantitative estimate of drug-likeness (QED) is 0.546. The molecule has 0 aliphatic carbocycles. The zero-order valence-corrected chi connectivity index (χ0v) is 22.4. The fourth-order valence-electron chi connectivity index (χ4n) is 5.12. The third kappa shape index (κ3) is 6.16. The molecule has 1 unspecified atom stereocenters. The molecule has 9 heteroatoms. The van der Waals surface area contributed by atoms with Crippen molar-refractivity contribution < 1.29 is 14.3 Å². The Labute approximate surface area is 223 Å². The molecule has 37 heavy (non-hydrogen) atoms. The number of hydrogen-bond donors (Lipinski definition) is 0. The fraction of sp³-hybridized carbons (Fsp3) is 0.500. The highest BCUT2D eigenvalue weighted by molar-refractivity contribution is 6.30. The average molecular weight is 524 g/mol. The maximum atomic E-state index is 13.6. The van der Waals surface area contributed by atoms with Crippen LogP contribution < -0.4 is 4.90 Å². The first-order valence-corrected chi connectivity index (χ1v) is 13.3. The summed E-state index contributed by atoms with van der Waals surface area (Å²) < 4.78 is 5.59. The van der Waals surface area contributed by atoms with Crippen LogP contribution in [0.5, 0.6) is 0 Å². The van der Waals surface area contributed by atoms with Gasteiger partial charge in [0, 0.05) is 56.3 Å². The number of nitrogens with zero attached hydrogens (tertiary/aromatic N) is 5. The summed E-state index contributed by atoms with van der Waals surface area (Å²) in [6.07, 6.45) is 3.26. The SMILES string of the molecule is CCC(C)OC(=O)N(C)[C@@H]1CN(C(=O)C2CCN(c3ccc(C#N)cn3)CC2)C[C@H]1c1ccc(Cl)cc1. The third-order valence-corrected chi connectivity index (χ3v) is 7.86. The van der Waals surface area contributed by atoms with Gasteiger partial charge in [-0.15, -0.1) is 0 Å². The van der Waals surface area contributed by atoms with E-state index in [1.54, 1.807) is 24.2 Å². The van der Waals surface area contributed by atoms with Gasteiger partial charge in [0.25, 0.3) is 0 Å². The van der Waals surface area contributed by atoms with Gasteiger partial charge in [0.15, 0.2) is 0 Å². The number of anilines is 1. The van der Waals surface area contributed by atoms with E-state index in [2.05, 4.69) is 16.0 Å². The van der Waals surface area contributed by atoms with E-state index in [1.807, 2.05) is 49.1 Å². The van der Waals surface area contributed by atoms with Crippen LogP contribution in [0.25, 0.3) is 0 Å². The number of halogens is 1. The number of likely N-dealkylation sites (N-methyl/N-ethyl adjacent to an activating group) is 1. The zero-order chi connectivity index (χ0) is 26.5. The Bertz CT molecular complexity index is 1130. The summed E-state index contributed by atoms with van der Waals surface area (Å²) in [6, 6.07) is 13.2. The number of ether oxygens (including phenoxy) is 1. The third-order valence-electron chi connectivity index (χ3n) is 7.61. The second kappa shape index (κ2) is 11.8. The van der Waals surface area contributed by atoms with Gasteiger partial charge in [-0.1, -0.05) is 30.7 Å². The van der Waals surface area contributed by atoms with Crippen LogP contribution in [-0.4, -0.2) is 72.2 Å². The largest absolute Gasteiger partial charge is 0.446 e. The number of carbonyl (C=O) groups is 2. The normalized spacial score (nSPS) is 20.8. The van der Waals surface area contributed by atoms with Gasteiger partial charge in [-0.3, -0.25) is 4.79 Å². The minimum Gasteiger partial charge on any atom is -0.446 e. The summed E-state index contributed by atoms with van der Waals surface area (Å²) in [5, 5.41) is 9.65. The summed E-state index contributed by atoms with van der Waals surface area (Å²) in [7, 11) is 1.76. The molecule has 0 spiro atoms. The lowest BCUT2D eigenvalue weighted by atomic mass is 9.93. The van der Waals surface area contributed by atoms with E-state index in [0.29, 0.717) is 23.7 Å². The molecule has 2 aliphatic heterocycles. The van der Waals surface area contributed by atoms with Crippen LogP contribution in [0.2, 0.25) is 5.02 Å². The highest BCUT2D eigenvalue weighted by Crippen LogP contribution is 2.34. The van der Waals surface area contributed by atoms with Gasteiger partial charge in [0.05, 0.1) is 11.6 Å². The lowest BCUT2D eigenvalue weighted by molar-refractivity contribution is -0.135. The van der Waals surface area contributed by atoms with Crippen LogP contribution in [0.3, 0.4) is 0 Å². The van der Waals surface area contributed by atoms with Gasteiger partial charge < -0.3 is 19.4 Å². The van der Waals surface area contributed by atoms with Gasteiger partial charge in [-0.05, 0) is 56.0 Å².